The van der Waals surface area contributed by atoms with Crippen LogP contribution in [0.15, 0.2) is 18.5 Å². The number of aromatic nitrogens is 2. The molecule has 1 aliphatic heterocycles. The van der Waals surface area contributed by atoms with Crippen molar-refractivity contribution in [3.05, 3.63) is 29.6 Å². The zero-order valence-electron chi connectivity index (χ0n) is 13.7. The highest BCUT2D eigenvalue weighted by molar-refractivity contribution is 5.90. The van der Waals surface area contributed by atoms with Crippen LogP contribution in [0.5, 0.6) is 0 Å². The SMILES string of the molecule is Cc1cc2ncnc(N3CCCN(C(=O)CN)CC3)c2cc1C. The third-order valence-corrected chi connectivity index (χ3v) is 4.55. The van der Waals surface area contributed by atoms with Crippen LogP contribution < -0.4 is 10.6 Å². The average Bonchev–Trinajstić information content (AvgIpc) is 2.81. The number of carbonyl (C=O) groups excluding carboxylic acids is 1. The van der Waals surface area contributed by atoms with Crippen molar-refractivity contribution in [1.29, 1.82) is 0 Å². The number of nitrogens with two attached hydrogens (primary N) is 1. The summed E-state index contributed by atoms with van der Waals surface area (Å²) in [4.78, 5) is 24.8. The number of hydrogen-bond donors (Lipinski definition) is 1. The Morgan fingerprint density at radius 2 is 1.91 bits per heavy atom. The summed E-state index contributed by atoms with van der Waals surface area (Å²) in [6.07, 6.45) is 2.54. The summed E-state index contributed by atoms with van der Waals surface area (Å²) in [5, 5.41) is 1.08. The second kappa shape index (κ2) is 6.50. The molecule has 1 aromatic carbocycles. The quantitative estimate of drug-likeness (QED) is 0.903. The van der Waals surface area contributed by atoms with Crippen LogP contribution in [0.3, 0.4) is 0 Å². The topological polar surface area (TPSA) is 75.4 Å². The molecule has 3 rings (SSSR count). The van der Waals surface area contributed by atoms with E-state index in [1.165, 1.54) is 11.1 Å². The van der Waals surface area contributed by atoms with Crippen LogP contribution in [0.1, 0.15) is 17.5 Å². The van der Waals surface area contributed by atoms with Crippen molar-refractivity contribution in [2.24, 2.45) is 5.73 Å². The molecule has 6 nitrogen and oxygen atoms in total. The first-order chi connectivity index (χ1) is 11.1. The fraction of sp³-hybridized carbons (Fsp3) is 0.471. The van der Waals surface area contributed by atoms with E-state index in [0.717, 1.165) is 42.8 Å². The Labute approximate surface area is 136 Å². The van der Waals surface area contributed by atoms with E-state index in [2.05, 4.69) is 40.8 Å². The van der Waals surface area contributed by atoms with Gasteiger partial charge >= 0.3 is 0 Å². The van der Waals surface area contributed by atoms with Gasteiger partial charge in [-0.25, -0.2) is 9.97 Å². The molecule has 1 amide bonds. The minimum absolute atomic E-state index is 0.0193. The molecule has 0 unspecified atom stereocenters. The van der Waals surface area contributed by atoms with Crippen LogP contribution in [0.4, 0.5) is 5.82 Å². The molecule has 0 spiro atoms. The lowest BCUT2D eigenvalue weighted by atomic mass is 10.1. The zero-order valence-corrected chi connectivity index (χ0v) is 13.7. The Morgan fingerprint density at radius 3 is 2.70 bits per heavy atom. The molecule has 0 atom stereocenters. The molecule has 6 heteroatoms. The highest BCUT2D eigenvalue weighted by Gasteiger charge is 2.20. The van der Waals surface area contributed by atoms with Crippen LogP contribution in [-0.2, 0) is 4.79 Å². The predicted octanol–water partition coefficient (Wildman–Crippen LogP) is 1.24. The molecule has 0 saturated carbocycles. The minimum atomic E-state index is 0.0193. The number of fused-ring (bicyclic) bond motifs is 1. The monoisotopic (exact) mass is 313 g/mol. The summed E-state index contributed by atoms with van der Waals surface area (Å²) >= 11 is 0. The molecule has 1 aromatic heterocycles. The molecular formula is C17H23N5O. The molecule has 0 bridgehead atoms. The summed E-state index contributed by atoms with van der Waals surface area (Å²) in [7, 11) is 0. The number of benzene rings is 1. The second-order valence-corrected chi connectivity index (χ2v) is 6.08. The van der Waals surface area contributed by atoms with Gasteiger partial charge in [0.05, 0.1) is 12.1 Å². The standard InChI is InChI=1S/C17H23N5O/c1-12-8-14-15(9-13(12)2)19-11-20-17(14)22-5-3-4-21(6-7-22)16(23)10-18/h8-9,11H,3-7,10,18H2,1-2H3. The molecule has 2 heterocycles. The molecule has 1 fully saturated rings. The van der Waals surface area contributed by atoms with Gasteiger partial charge in [-0.05, 0) is 43.5 Å². The van der Waals surface area contributed by atoms with Crippen molar-refractivity contribution in [2.75, 3.05) is 37.6 Å². The number of aryl methyl sites for hydroxylation is 2. The molecule has 122 valence electrons. The highest BCUT2D eigenvalue weighted by Crippen LogP contribution is 2.26. The average molecular weight is 313 g/mol. The van der Waals surface area contributed by atoms with E-state index in [0.29, 0.717) is 6.54 Å². The lowest BCUT2D eigenvalue weighted by molar-refractivity contribution is -0.129. The van der Waals surface area contributed by atoms with E-state index >= 15 is 0 Å². The Balaban J connectivity index is 1.91. The van der Waals surface area contributed by atoms with Crippen LogP contribution in [0.2, 0.25) is 0 Å². The Morgan fingerprint density at radius 1 is 1.13 bits per heavy atom. The number of rotatable bonds is 2. The number of anilines is 1. The Hall–Kier alpha value is -2.21. The van der Waals surface area contributed by atoms with Crippen LogP contribution >= 0.6 is 0 Å². The predicted molar refractivity (Wildman–Crippen MR) is 91.5 cm³/mol. The molecule has 0 aliphatic carbocycles. The van der Waals surface area contributed by atoms with E-state index in [1.807, 2.05) is 4.90 Å². The molecule has 0 radical (unpaired) electrons. The lowest BCUT2D eigenvalue weighted by Gasteiger charge is -2.23. The van der Waals surface area contributed by atoms with Gasteiger partial charge in [-0.1, -0.05) is 0 Å². The first-order valence-electron chi connectivity index (χ1n) is 8.05. The van der Waals surface area contributed by atoms with E-state index in [1.54, 1.807) is 6.33 Å². The summed E-state index contributed by atoms with van der Waals surface area (Å²) in [5.41, 5.74) is 8.92. The largest absolute Gasteiger partial charge is 0.354 e. The van der Waals surface area contributed by atoms with Gasteiger partial charge in [0, 0.05) is 31.6 Å². The van der Waals surface area contributed by atoms with Gasteiger partial charge in [-0.2, -0.15) is 0 Å². The maximum atomic E-state index is 11.8. The van der Waals surface area contributed by atoms with Crippen molar-refractivity contribution in [2.45, 2.75) is 20.3 Å². The van der Waals surface area contributed by atoms with Crippen molar-refractivity contribution in [3.8, 4) is 0 Å². The zero-order chi connectivity index (χ0) is 16.4. The molecule has 1 aliphatic rings. The number of hydrogen-bond acceptors (Lipinski definition) is 5. The highest BCUT2D eigenvalue weighted by atomic mass is 16.2. The maximum Gasteiger partial charge on any atom is 0.236 e. The lowest BCUT2D eigenvalue weighted by Crippen LogP contribution is -2.38. The number of amides is 1. The number of carbonyl (C=O) groups is 1. The van der Waals surface area contributed by atoms with Gasteiger partial charge < -0.3 is 15.5 Å². The maximum absolute atomic E-state index is 11.8. The van der Waals surface area contributed by atoms with Crippen LogP contribution in [-0.4, -0.2) is 53.5 Å². The molecule has 23 heavy (non-hydrogen) atoms. The Bertz CT molecular complexity index is 730. The first kappa shape index (κ1) is 15.7. The summed E-state index contributed by atoms with van der Waals surface area (Å²) in [6, 6.07) is 4.27. The normalized spacial score (nSPS) is 15.8. The van der Waals surface area contributed by atoms with E-state index in [-0.39, 0.29) is 12.5 Å². The van der Waals surface area contributed by atoms with Crippen LogP contribution in [0.25, 0.3) is 10.9 Å². The fourth-order valence-electron chi connectivity index (χ4n) is 3.06. The smallest absolute Gasteiger partial charge is 0.236 e. The minimum Gasteiger partial charge on any atom is -0.354 e. The third-order valence-electron chi connectivity index (χ3n) is 4.55. The summed E-state index contributed by atoms with van der Waals surface area (Å²) in [6.45, 7) is 7.38. The molecule has 2 aromatic rings. The summed E-state index contributed by atoms with van der Waals surface area (Å²) < 4.78 is 0. The van der Waals surface area contributed by atoms with Crippen molar-refractivity contribution >= 4 is 22.6 Å². The number of nitrogens with zero attached hydrogens (tertiary/aromatic N) is 4. The van der Waals surface area contributed by atoms with Gasteiger partial charge in [0.25, 0.3) is 0 Å². The van der Waals surface area contributed by atoms with Gasteiger partial charge in [-0.15, -0.1) is 0 Å². The summed E-state index contributed by atoms with van der Waals surface area (Å²) in [5.74, 6) is 0.978. The van der Waals surface area contributed by atoms with Gasteiger partial charge in [0.1, 0.15) is 12.1 Å². The third kappa shape index (κ3) is 3.12. The van der Waals surface area contributed by atoms with Crippen molar-refractivity contribution in [3.63, 3.8) is 0 Å². The van der Waals surface area contributed by atoms with Gasteiger partial charge in [0.15, 0.2) is 0 Å². The second-order valence-electron chi connectivity index (χ2n) is 6.08. The van der Waals surface area contributed by atoms with Crippen molar-refractivity contribution < 1.29 is 4.79 Å². The first-order valence-corrected chi connectivity index (χ1v) is 8.05. The molecular weight excluding hydrogens is 290 g/mol. The van der Waals surface area contributed by atoms with Crippen molar-refractivity contribution in [1.82, 2.24) is 14.9 Å². The Kier molecular flexibility index (Phi) is 4.43. The molecule has 2 N–H and O–H groups in total. The van der Waals surface area contributed by atoms with Gasteiger partial charge in [0.2, 0.25) is 5.91 Å². The van der Waals surface area contributed by atoms with Gasteiger partial charge in [-0.3, -0.25) is 4.79 Å². The fourth-order valence-corrected chi connectivity index (χ4v) is 3.06. The van der Waals surface area contributed by atoms with Crippen LogP contribution in [0, 0.1) is 13.8 Å². The van der Waals surface area contributed by atoms with E-state index in [4.69, 9.17) is 5.73 Å². The van der Waals surface area contributed by atoms with E-state index in [9.17, 15) is 4.79 Å². The molecule has 1 saturated heterocycles. The van der Waals surface area contributed by atoms with E-state index < -0.39 is 0 Å².